The fourth-order valence-electron chi connectivity index (χ4n) is 3.69. The van der Waals surface area contributed by atoms with Crippen molar-refractivity contribution >= 4 is 34.5 Å². The normalized spacial score (nSPS) is 10.7. The minimum atomic E-state index is -0.635. The first kappa shape index (κ1) is 23.7. The smallest absolute Gasteiger partial charge is 0.338 e. The van der Waals surface area contributed by atoms with Gasteiger partial charge in [0.1, 0.15) is 5.82 Å². The summed E-state index contributed by atoms with van der Waals surface area (Å²) in [6, 6.07) is 22.3. The Morgan fingerprint density at radius 3 is 2.40 bits per heavy atom. The molecule has 1 aromatic heterocycles. The molecule has 1 N–H and O–H groups in total. The molecule has 0 saturated heterocycles. The molecule has 0 saturated carbocycles. The summed E-state index contributed by atoms with van der Waals surface area (Å²) in [5.41, 5.74) is 4.51. The van der Waals surface area contributed by atoms with Gasteiger partial charge in [-0.3, -0.25) is 14.2 Å². The summed E-state index contributed by atoms with van der Waals surface area (Å²) in [6.45, 7) is 3.22. The van der Waals surface area contributed by atoms with Gasteiger partial charge in [-0.1, -0.05) is 35.9 Å². The molecule has 0 aliphatic carbocycles. The number of rotatable bonds is 7. The van der Waals surface area contributed by atoms with Crippen LogP contribution in [0.1, 0.15) is 21.7 Å². The summed E-state index contributed by atoms with van der Waals surface area (Å²) in [6.07, 6.45) is 0. The maximum atomic E-state index is 12.6. The van der Waals surface area contributed by atoms with Crippen LogP contribution in [0.3, 0.4) is 0 Å². The van der Waals surface area contributed by atoms with E-state index in [2.05, 4.69) is 10.3 Å². The first-order chi connectivity index (χ1) is 16.8. The number of benzene rings is 3. The zero-order valence-corrected chi connectivity index (χ0v) is 19.8. The van der Waals surface area contributed by atoms with Crippen LogP contribution in [-0.2, 0) is 14.3 Å². The van der Waals surface area contributed by atoms with Gasteiger partial charge in [-0.05, 0) is 56.3 Å². The maximum Gasteiger partial charge on any atom is 0.338 e. The van der Waals surface area contributed by atoms with Crippen molar-refractivity contribution in [2.45, 2.75) is 13.8 Å². The summed E-state index contributed by atoms with van der Waals surface area (Å²) >= 11 is 0. The number of imidazole rings is 1. The summed E-state index contributed by atoms with van der Waals surface area (Å²) in [4.78, 5) is 42.9. The Balaban J connectivity index is 1.35. The molecule has 0 aliphatic rings. The Hall–Kier alpha value is -4.46. The number of anilines is 1. The topological polar surface area (TPSA) is 93.5 Å². The molecule has 35 heavy (non-hydrogen) atoms. The highest BCUT2D eigenvalue weighted by Gasteiger charge is 2.18. The lowest BCUT2D eigenvalue weighted by molar-refractivity contribution is -0.136. The van der Waals surface area contributed by atoms with E-state index >= 15 is 0 Å². The van der Waals surface area contributed by atoms with Crippen LogP contribution in [0.25, 0.3) is 16.7 Å². The molecule has 2 amide bonds. The molecule has 178 valence electrons. The quantitative estimate of drug-likeness (QED) is 0.414. The number of esters is 1. The van der Waals surface area contributed by atoms with Crippen molar-refractivity contribution in [3.8, 4) is 5.69 Å². The van der Waals surface area contributed by atoms with E-state index in [1.54, 1.807) is 24.3 Å². The molecule has 4 aromatic rings. The number of nitrogens with one attached hydrogen (secondary N) is 1. The second-order valence-electron chi connectivity index (χ2n) is 8.27. The molecule has 0 bridgehead atoms. The largest absolute Gasteiger partial charge is 0.452 e. The van der Waals surface area contributed by atoms with Crippen LogP contribution in [0.15, 0.2) is 72.8 Å². The number of hydrogen-bond donors (Lipinski definition) is 1. The number of fused-ring (bicyclic) bond motifs is 1. The Bertz CT molecular complexity index is 1380. The Labute approximate surface area is 203 Å². The number of aromatic nitrogens is 2. The van der Waals surface area contributed by atoms with E-state index in [-0.39, 0.29) is 12.5 Å². The van der Waals surface area contributed by atoms with E-state index in [0.29, 0.717) is 16.8 Å². The van der Waals surface area contributed by atoms with Gasteiger partial charge in [-0.2, -0.15) is 0 Å². The van der Waals surface area contributed by atoms with Gasteiger partial charge in [0.15, 0.2) is 6.61 Å². The van der Waals surface area contributed by atoms with Crippen molar-refractivity contribution in [1.29, 1.82) is 0 Å². The van der Waals surface area contributed by atoms with Crippen molar-refractivity contribution < 1.29 is 19.1 Å². The molecule has 0 atom stereocenters. The van der Waals surface area contributed by atoms with Crippen molar-refractivity contribution in [3.63, 3.8) is 0 Å². The fraction of sp³-hybridized carbons (Fsp3) is 0.185. The van der Waals surface area contributed by atoms with Crippen molar-refractivity contribution in [1.82, 2.24) is 14.5 Å². The van der Waals surface area contributed by atoms with E-state index in [9.17, 15) is 14.4 Å². The number of carbonyl (C=O) groups excluding carboxylic acids is 3. The van der Waals surface area contributed by atoms with Crippen LogP contribution >= 0.6 is 0 Å². The lowest BCUT2D eigenvalue weighted by Crippen LogP contribution is -2.37. The van der Waals surface area contributed by atoms with Gasteiger partial charge in [-0.25, -0.2) is 9.78 Å². The van der Waals surface area contributed by atoms with Crippen molar-refractivity contribution in [2.75, 3.05) is 25.5 Å². The van der Waals surface area contributed by atoms with Gasteiger partial charge in [0.2, 0.25) is 5.91 Å². The number of amides is 2. The lowest BCUT2D eigenvalue weighted by Gasteiger charge is -2.17. The Kier molecular flexibility index (Phi) is 6.91. The van der Waals surface area contributed by atoms with Crippen molar-refractivity contribution in [3.05, 3.63) is 89.7 Å². The summed E-state index contributed by atoms with van der Waals surface area (Å²) < 4.78 is 7.20. The number of aryl methyl sites for hydroxylation is 2. The van der Waals surface area contributed by atoms with Gasteiger partial charge in [0.25, 0.3) is 5.91 Å². The van der Waals surface area contributed by atoms with E-state index in [1.165, 1.54) is 11.9 Å². The number of para-hydroxylation sites is 1. The molecule has 0 fully saturated rings. The molecule has 8 heteroatoms. The van der Waals surface area contributed by atoms with Crippen LogP contribution in [0.5, 0.6) is 0 Å². The van der Waals surface area contributed by atoms with Gasteiger partial charge >= 0.3 is 5.97 Å². The third-order valence-corrected chi connectivity index (χ3v) is 5.54. The van der Waals surface area contributed by atoms with Crippen LogP contribution < -0.4 is 5.32 Å². The molecule has 1 heterocycles. The van der Waals surface area contributed by atoms with Gasteiger partial charge in [0.05, 0.1) is 23.1 Å². The highest BCUT2D eigenvalue weighted by molar-refractivity contribution is 5.97. The number of likely N-dealkylation sites (N-methyl/N-ethyl adjacent to an activating group) is 1. The molecule has 0 radical (unpaired) electrons. The average molecular weight is 471 g/mol. The van der Waals surface area contributed by atoms with Gasteiger partial charge < -0.3 is 15.0 Å². The highest BCUT2D eigenvalue weighted by Crippen LogP contribution is 2.22. The van der Waals surface area contributed by atoms with E-state index in [4.69, 9.17) is 4.74 Å². The van der Waals surface area contributed by atoms with Crippen LogP contribution in [0.4, 0.5) is 5.69 Å². The van der Waals surface area contributed by atoms with E-state index in [1.807, 2.05) is 66.9 Å². The SMILES string of the molecule is Cc1ccc(NC(=O)CN(C)C(=O)COC(=O)c2ccc3c(c2)nc(C)n3-c2ccccc2)cc1. The first-order valence-electron chi connectivity index (χ1n) is 11.1. The standard InChI is InChI=1S/C27H26N4O4/c1-18-9-12-21(13-10-18)29-25(32)16-30(3)26(33)17-35-27(34)20-11-14-24-23(15-20)28-19(2)31(24)22-7-5-4-6-8-22/h4-15H,16-17H2,1-3H3,(H,29,32). The number of hydrogen-bond acceptors (Lipinski definition) is 5. The summed E-state index contributed by atoms with van der Waals surface area (Å²) in [7, 11) is 1.48. The molecular formula is C27H26N4O4. The molecule has 0 aliphatic heterocycles. The van der Waals surface area contributed by atoms with Crippen molar-refractivity contribution in [2.24, 2.45) is 0 Å². The first-order valence-corrected chi connectivity index (χ1v) is 11.1. The third-order valence-electron chi connectivity index (χ3n) is 5.54. The van der Waals surface area contributed by atoms with Crippen LogP contribution in [-0.4, -0.2) is 52.4 Å². The highest BCUT2D eigenvalue weighted by atomic mass is 16.5. The summed E-state index contributed by atoms with van der Waals surface area (Å²) in [5.74, 6) is -0.671. The van der Waals surface area contributed by atoms with E-state index < -0.39 is 18.5 Å². The Morgan fingerprint density at radius 1 is 0.971 bits per heavy atom. The molecule has 0 unspecified atom stereocenters. The monoisotopic (exact) mass is 470 g/mol. The van der Waals surface area contributed by atoms with E-state index in [0.717, 1.165) is 22.6 Å². The van der Waals surface area contributed by atoms with Crippen LogP contribution in [0.2, 0.25) is 0 Å². The number of nitrogens with zero attached hydrogens (tertiary/aromatic N) is 3. The second kappa shape index (κ2) is 10.2. The average Bonchev–Trinajstić information content (AvgIpc) is 3.18. The maximum absolute atomic E-state index is 12.6. The summed E-state index contributed by atoms with van der Waals surface area (Å²) in [5, 5.41) is 2.73. The van der Waals surface area contributed by atoms with Gasteiger partial charge in [-0.15, -0.1) is 0 Å². The lowest BCUT2D eigenvalue weighted by atomic mass is 10.2. The molecule has 4 rings (SSSR count). The molecular weight excluding hydrogens is 444 g/mol. The third kappa shape index (κ3) is 5.55. The minimum absolute atomic E-state index is 0.160. The number of ether oxygens (including phenoxy) is 1. The molecule has 0 spiro atoms. The molecule has 3 aromatic carbocycles. The molecule has 8 nitrogen and oxygen atoms in total. The minimum Gasteiger partial charge on any atom is -0.452 e. The predicted octanol–water partition coefficient (Wildman–Crippen LogP) is 3.90. The van der Waals surface area contributed by atoms with Gasteiger partial charge in [0, 0.05) is 18.4 Å². The zero-order chi connectivity index (χ0) is 24.9. The zero-order valence-electron chi connectivity index (χ0n) is 19.8. The number of carbonyl (C=O) groups is 3. The Morgan fingerprint density at radius 2 is 1.69 bits per heavy atom. The van der Waals surface area contributed by atoms with Crippen LogP contribution in [0, 0.1) is 13.8 Å². The second-order valence-corrected chi connectivity index (χ2v) is 8.27. The fourth-order valence-corrected chi connectivity index (χ4v) is 3.69. The predicted molar refractivity (Wildman–Crippen MR) is 134 cm³/mol.